The zero-order valence-electron chi connectivity index (χ0n) is 8.48. The lowest BCUT2D eigenvalue weighted by Gasteiger charge is -2.06. The predicted octanol–water partition coefficient (Wildman–Crippen LogP) is 1.40. The summed E-state index contributed by atoms with van der Waals surface area (Å²) in [5.74, 6) is 0.472. The Bertz CT molecular complexity index is 318. The molecule has 1 unspecified atom stereocenters. The third kappa shape index (κ3) is 4.26. The van der Waals surface area contributed by atoms with E-state index in [4.69, 9.17) is 20.4 Å². The van der Waals surface area contributed by atoms with Crippen molar-refractivity contribution in [2.45, 2.75) is 13.1 Å². The number of nitrogens with zero attached hydrogens (tertiary/aromatic N) is 1. The number of carboxylic acid groups (broad SMARTS) is 1. The second-order valence-corrected chi connectivity index (χ2v) is 2.57. The van der Waals surface area contributed by atoms with Crippen molar-refractivity contribution in [1.82, 2.24) is 4.98 Å². The third-order valence-corrected chi connectivity index (χ3v) is 1.55. The van der Waals surface area contributed by atoms with Crippen molar-refractivity contribution in [3.05, 3.63) is 18.0 Å². The SMILES string of the molecule is COc1cnc(C(C)F)cc1N.O=CO. The molecule has 0 amide bonds. The second-order valence-electron chi connectivity index (χ2n) is 2.57. The minimum atomic E-state index is -1.10. The highest BCUT2D eigenvalue weighted by molar-refractivity contribution is 5.51. The molecule has 0 spiro atoms. The molecule has 0 aliphatic rings. The zero-order chi connectivity index (χ0) is 11.8. The Balaban J connectivity index is 0.000000583. The topological polar surface area (TPSA) is 85.4 Å². The lowest BCUT2D eigenvalue weighted by atomic mass is 10.2. The van der Waals surface area contributed by atoms with Crippen molar-refractivity contribution in [2.75, 3.05) is 12.8 Å². The van der Waals surface area contributed by atoms with E-state index in [2.05, 4.69) is 4.98 Å². The van der Waals surface area contributed by atoms with Crippen molar-refractivity contribution in [1.29, 1.82) is 0 Å². The summed E-state index contributed by atoms with van der Waals surface area (Å²) in [6.45, 7) is 1.16. The molecule has 1 rings (SSSR count). The van der Waals surface area contributed by atoms with E-state index in [1.54, 1.807) is 0 Å². The van der Waals surface area contributed by atoms with E-state index in [-0.39, 0.29) is 6.47 Å². The summed E-state index contributed by atoms with van der Waals surface area (Å²) in [6.07, 6.45) is 0.319. The van der Waals surface area contributed by atoms with Crippen LogP contribution in [0.1, 0.15) is 18.8 Å². The van der Waals surface area contributed by atoms with Gasteiger partial charge in [-0.2, -0.15) is 0 Å². The number of carbonyl (C=O) groups is 1. The summed E-state index contributed by atoms with van der Waals surface area (Å²) < 4.78 is 17.6. The summed E-state index contributed by atoms with van der Waals surface area (Å²) in [6, 6.07) is 1.48. The number of halogens is 1. The fourth-order valence-corrected chi connectivity index (χ4v) is 0.864. The number of rotatable bonds is 2. The molecular weight excluding hydrogens is 203 g/mol. The van der Waals surface area contributed by atoms with Crippen molar-refractivity contribution < 1.29 is 19.0 Å². The lowest BCUT2D eigenvalue weighted by Crippen LogP contribution is -1.97. The van der Waals surface area contributed by atoms with Crippen LogP contribution in [0.2, 0.25) is 0 Å². The molecule has 0 aliphatic heterocycles. The van der Waals surface area contributed by atoms with Gasteiger partial charge >= 0.3 is 0 Å². The Labute approximate surface area is 86.7 Å². The number of nitrogens with two attached hydrogens (primary N) is 1. The number of anilines is 1. The molecule has 84 valence electrons. The van der Waals surface area contributed by atoms with Gasteiger partial charge in [0.2, 0.25) is 0 Å². The van der Waals surface area contributed by atoms with Crippen LogP contribution in [0.15, 0.2) is 12.3 Å². The molecule has 1 aromatic heterocycles. The lowest BCUT2D eigenvalue weighted by molar-refractivity contribution is -0.122. The van der Waals surface area contributed by atoms with Gasteiger partial charge < -0.3 is 15.6 Å². The van der Waals surface area contributed by atoms with Gasteiger partial charge in [-0.15, -0.1) is 0 Å². The second kappa shape index (κ2) is 6.58. The molecule has 3 N–H and O–H groups in total. The number of alkyl halides is 1. The Kier molecular flexibility index (Phi) is 5.77. The molecule has 1 aromatic rings. The first-order valence-corrected chi connectivity index (χ1v) is 4.08. The number of ether oxygens (including phenoxy) is 1. The van der Waals surface area contributed by atoms with Gasteiger partial charge in [-0.1, -0.05) is 0 Å². The quantitative estimate of drug-likeness (QED) is 0.730. The number of hydrogen-bond donors (Lipinski definition) is 2. The van der Waals surface area contributed by atoms with Crippen LogP contribution in [0.4, 0.5) is 10.1 Å². The molecule has 6 heteroatoms. The smallest absolute Gasteiger partial charge is 0.290 e. The molecule has 0 saturated heterocycles. The Morgan fingerprint density at radius 2 is 2.27 bits per heavy atom. The van der Waals surface area contributed by atoms with Crippen LogP contribution in [0.5, 0.6) is 5.75 Å². The van der Waals surface area contributed by atoms with Crippen molar-refractivity contribution in [2.24, 2.45) is 0 Å². The number of methoxy groups -OCH3 is 1. The minimum absolute atomic E-state index is 0.250. The molecule has 15 heavy (non-hydrogen) atoms. The van der Waals surface area contributed by atoms with E-state index >= 15 is 0 Å². The average Bonchev–Trinajstić information content (AvgIpc) is 2.18. The number of pyridine rings is 1. The highest BCUT2D eigenvalue weighted by Crippen LogP contribution is 2.23. The van der Waals surface area contributed by atoms with Crippen LogP contribution in [0.25, 0.3) is 0 Å². The first-order valence-electron chi connectivity index (χ1n) is 4.08. The van der Waals surface area contributed by atoms with E-state index in [0.717, 1.165) is 0 Å². The van der Waals surface area contributed by atoms with Crippen LogP contribution >= 0.6 is 0 Å². The molecular formula is C9H13FN2O3. The average molecular weight is 216 g/mol. The van der Waals surface area contributed by atoms with Crippen molar-refractivity contribution in [3.8, 4) is 5.75 Å². The predicted molar refractivity (Wildman–Crippen MR) is 53.4 cm³/mol. The van der Waals surface area contributed by atoms with Crippen molar-refractivity contribution >= 4 is 12.2 Å². The summed E-state index contributed by atoms with van der Waals surface area (Å²) in [7, 11) is 1.49. The van der Waals surface area contributed by atoms with E-state index in [1.807, 2.05) is 0 Å². The highest BCUT2D eigenvalue weighted by Gasteiger charge is 2.07. The van der Waals surface area contributed by atoms with Gasteiger partial charge in [0.15, 0.2) is 5.75 Å². The van der Waals surface area contributed by atoms with E-state index in [0.29, 0.717) is 17.1 Å². The van der Waals surface area contributed by atoms with Crippen molar-refractivity contribution in [3.63, 3.8) is 0 Å². The number of nitrogen functional groups attached to an aromatic ring is 1. The summed E-state index contributed by atoms with van der Waals surface area (Å²) in [5, 5.41) is 6.89. The number of hydrogen-bond acceptors (Lipinski definition) is 4. The summed E-state index contributed by atoms with van der Waals surface area (Å²) >= 11 is 0. The Morgan fingerprint density at radius 3 is 2.60 bits per heavy atom. The van der Waals surface area contributed by atoms with Gasteiger partial charge in [0, 0.05) is 0 Å². The summed E-state index contributed by atoms with van der Waals surface area (Å²) in [4.78, 5) is 12.2. The van der Waals surface area contributed by atoms with Crippen LogP contribution in [-0.4, -0.2) is 23.7 Å². The molecule has 1 atom stereocenters. The van der Waals surface area contributed by atoms with Crippen LogP contribution < -0.4 is 10.5 Å². The molecule has 0 fully saturated rings. The largest absolute Gasteiger partial charge is 0.493 e. The maximum atomic E-state index is 12.7. The van der Waals surface area contributed by atoms with Crippen LogP contribution in [-0.2, 0) is 4.79 Å². The molecule has 0 radical (unpaired) electrons. The standard InChI is InChI=1S/C8H11FN2O.CH2O2/c1-5(9)7-3-6(10)8(12-2)4-11-7;2-1-3/h3-5H,1-2H3,(H2,10,11);1H,(H,2,3). The van der Waals surface area contributed by atoms with E-state index in [9.17, 15) is 4.39 Å². The maximum Gasteiger partial charge on any atom is 0.290 e. The molecule has 0 saturated carbocycles. The third-order valence-electron chi connectivity index (χ3n) is 1.55. The Hall–Kier alpha value is -1.85. The maximum absolute atomic E-state index is 12.7. The normalized spacial score (nSPS) is 10.9. The minimum Gasteiger partial charge on any atom is -0.493 e. The van der Waals surface area contributed by atoms with Gasteiger partial charge in [0.05, 0.1) is 24.7 Å². The van der Waals surface area contributed by atoms with E-state index in [1.165, 1.54) is 26.3 Å². The first kappa shape index (κ1) is 13.2. The number of aromatic nitrogens is 1. The van der Waals surface area contributed by atoms with Gasteiger partial charge in [0.1, 0.15) is 6.17 Å². The zero-order valence-corrected chi connectivity index (χ0v) is 8.48. The van der Waals surface area contributed by atoms with Crippen LogP contribution in [0.3, 0.4) is 0 Å². The van der Waals surface area contributed by atoms with Gasteiger partial charge in [-0.3, -0.25) is 9.78 Å². The molecule has 0 aromatic carbocycles. The summed E-state index contributed by atoms with van der Waals surface area (Å²) in [5.41, 5.74) is 6.27. The Morgan fingerprint density at radius 1 is 1.73 bits per heavy atom. The van der Waals surface area contributed by atoms with Gasteiger partial charge in [-0.25, -0.2) is 4.39 Å². The molecule has 5 nitrogen and oxygen atoms in total. The monoisotopic (exact) mass is 216 g/mol. The van der Waals surface area contributed by atoms with Crippen LogP contribution in [0, 0.1) is 0 Å². The van der Waals surface area contributed by atoms with E-state index < -0.39 is 6.17 Å². The van der Waals surface area contributed by atoms with Gasteiger partial charge in [0.25, 0.3) is 6.47 Å². The molecule has 0 aliphatic carbocycles. The fraction of sp³-hybridized carbons (Fsp3) is 0.333. The molecule has 0 bridgehead atoms. The first-order chi connectivity index (χ1) is 7.06. The highest BCUT2D eigenvalue weighted by atomic mass is 19.1. The van der Waals surface area contributed by atoms with Gasteiger partial charge in [-0.05, 0) is 13.0 Å². The fourth-order valence-electron chi connectivity index (χ4n) is 0.864. The molecule has 1 heterocycles.